The van der Waals surface area contributed by atoms with E-state index < -0.39 is 5.97 Å². The Hall–Kier alpha value is -1.59. The minimum Gasteiger partial charge on any atom is -0.481 e. The molecule has 0 spiro atoms. The van der Waals surface area contributed by atoms with Crippen LogP contribution in [0.3, 0.4) is 0 Å². The van der Waals surface area contributed by atoms with Crippen LogP contribution in [0.25, 0.3) is 0 Å². The van der Waals surface area contributed by atoms with Crippen molar-refractivity contribution in [3.05, 3.63) is 5.82 Å². The molecule has 1 aromatic rings. The average molecular weight is 210 g/mol. The van der Waals surface area contributed by atoms with E-state index in [2.05, 4.69) is 15.2 Å². The molecule has 1 heterocycles. The zero-order valence-electron chi connectivity index (χ0n) is 8.31. The van der Waals surface area contributed by atoms with Crippen molar-refractivity contribution in [2.45, 2.75) is 31.6 Å². The molecule has 0 bridgehead atoms. The largest absolute Gasteiger partial charge is 0.481 e. The fourth-order valence-electron chi connectivity index (χ4n) is 2.21. The smallest absolute Gasteiger partial charge is 0.307 e. The summed E-state index contributed by atoms with van der Waals surface area (Å²) in [6.45, 7) is 0. The van der Waals surface area contributed by atoms with Gasteiger partial charge in [-0.25, -0.2) is 0 Å². The maximum atomic E-state index is 11.1. The van der Waals surface area contributed by atoms with Crippen LogP contribution in [0.5, 0.6) is 0 Å². The number of rotatable bonds is 2. The standard InChI is InChI=1S/C9H14N4O2/c10-9-11-7(12-13-9)5-3-1-2-4-6(5)8(14)15/h5-6H,1-4H2,(H,14,15)(H3,10,11,12,13)/t5-,6-/m1/s1. The molecule has 6 nitrogen and oxygen atoms in total. The number of anilines is 1. The normalized spacial score (nSPS) is 26.4. The molecule has 0 aliphatic heterocycles. The molecule has 0 radical (unpaired) electrons. The lowest BCUT2D eigenvalue weighted by Gasteiger charge is -2.26. The number of aromatic nitrogens is 3. The van der Waals surface area contributed by atoms with Crippen molar-refractivity contribution < 1.29 is 9.90 Å². The van der Waals surface area contributed by atoms with Crippen LogP contribution in [0.15, 0.2) is 0 Å². The maximum Gasteiger partial charge on any atom is 0.307 e. The number of aliphatic carboxylic acids is 1. The van der Waals surface area contributed by atoms with Gasteiger partial charge in [-0.05, 0) is 12.8 Å². The van der Waals surface area contributed by atoms with Crippen LogP contribution in [-0.2, 0) is 4.79 Å². The molecular weight excluding hydrogens is 196 g/mol. The zero-order valence-corrected chi connectivity index (χ0v) is 8.31. The summed E-state index contributed by atoms with van der Waals surface area (Å²) in [5, 5.41) is 15.5. The van der Waals surface area contributed by atoms with Crippen LogP contribution < -0.4 is 5.73 Å². The highest BCUT2D eigenvalue weighted by atomic mass is 16.4. The molecule has 2 rings (SSSR count). The van der Waals surface area contributed by atoms with Crippen LogP contribution in [0.2, 0.25) is 0 Å². The van der Waals surface area contributed by atoms with Gasteiger partial charge in [-0.3, -0.25) is 9.89 Å². The number of nitrogens with one attached hydrogen (secondary N) is 1. The number of H-pyrrole nitrogens is 1. The average Bonchev–Trinajstić information content (AvgIpc) is 2.65. The quantitative estimate of drug-likeness (QED) is 0.667. The van der Waals surface area contributed by atoms with Crippen molar-refractivity contribution in [1.29, 1.82) is 0 Å². The van der Waals surface area contributed by atoms with Gasteiger partial charge in [0.1, 0.15) is 5.82 Å². The highest BCUT2D eigenvalue weighted by molar-refractivity contribution is 5.71. The number of carboxylic acids is 1. The second kappa shape index (κ2) is 3.88. The molecule has 6 heteroatoms. The molecule has 0 amide bonds. The number of carboxylic acid groups (broad SMARTS) is 1. The Morgan fingerprint density at radius 1 is 1.47 bits per heavy atom. The lowest BCUT2D eigenvalue weighted by atomic mass is 9.79. The number of nitrogen functional groups attached to an aromatic ring is 1. The second-order valence-electron chi connectivity index (χ2n) is 3.91. The van der Waals surface area contributed by atoms with Gasteiger partial charge in [0.25, 0.3) is 0 Å². The molecule has 1 aromatic heterocycles. The van der Waals surface area contributed by atoms with Crippen LogP contribution in [0.1, 0.15) is 37.4 Å². The van der Waals surface area contributed by atoms with Gasteiger partial charge in [0, 0.05) is 5.92 Å². The summed E-state index contributed by atoms with van der Waals surface area (Å²) in [4.78, 5) is 15.1. The molecule has 1 fully saturated rings. The first-order chi connectivity index (χ1) is 7.18. The molecule has 82 valence electrons. The topological polar surface area (TPSA) is 105 Å². The number of hydrogen-bond acceptors (Lipinski definition) is 4. The highest BCUT2D eigenvalue weighted by Crippen LogP contribution is 2.36. The van der Waals surface area contributed by atoms with E-state index in [1.807, 2.05) is 0 Å². The molecular formula is C9H14N4O2. The monoisotopic (exact) mass is 210 g/mol. The minimum absolute atomic E-state index is 0.0685. The molecule has 0 unspecified atom stereocenters. The predicted molar refractivity (Wildman–Crippen MR) is 53.1 cm³/mol. The highest BCUT2D eigenvalue weighted by Gasteiger charge is 2.33. The Bertz CT molecular complexity index is 363. The fourth-order valence-corrected chi connectivity index (χ4v) is 2.21. The Kier molecular flexibility index (Phi) is 2.57. The van der Waals surface area contributed by atoms with Gasteiger partial charge in [0.2, 0.25) is 5.95 Å². The Morgan fingerprint density at radius 3 is 2.80 bits per heavy atom. The lowest BCUT2D eigenvalue weighted by molar-refractivity contribution is -0.143. The number of hydrogen-bond donors (Lipinski definition) is 3. The van der Waals surface area contributed by atoms with E-state index in [1.54, 1.807) is 0 Å². The number of nitrogens with two attached hydrogens (primary N) is 1. The molecule has 1 aliphatic rings. The summed E-state index contributed by atoms with van der Waals surface area (Å²) in [5.74, 6) is -0.388. The van der Waals surface area contributed by atoms with Crippen molar-refractivity contribution >= 4 is 11.9 Å². The summed E-state index contributed by atoms with van der Waals surface area (Å²) in [5.41, 5.74) is 5.41. The molecule has 1 saturated carbocycles. The number of aromatic amines is 1. The summed E-state index contributed by atoms with van der Waals surface area (Å²) in [6, 6.07) is 0. The first-order valence-electron chi connectivity index (χ1n) is 5.09. The molecule has 15 heavy (non-hydrogen) atoms. The third kappa shape index (κ3) is 1.93. The van der Waals surface area contributed by atoms with Crippen molar-refractivity contribution in [2.24, 2.45) is 5.92 Å². The number of carbonyl (C=O) groups is 1. The lowest BCUT2D eigenvalue weighted by Crippen LogP contribution is -2.26. The Labute approximate surface area is 86.9 Å². The van der Waals surface area contributed by atoms with Gasteiger partial charge in [0.05, 0.1) is 5.92 Å². The fraction of sp³-hybridized carbons (Fsp3) is 0.667. The van der Waals surface area contributed by atoms with E-state index in [0.29, 0.717) is 12.2 Å². The second-order valence-corrected chi connectivity index (χ2v) is 3.91. The van der Waals surface area contributed by atoms with Crippen molar-refractivity contribution in [2.75, 3.05) is 5.73 Å². The molecule has 2 atom stereocenters. The van der Waals surface area contributed by atoms with Crippen LogP contribution in [0, 0.1) is 5.92 Å². The summed E-state index contributed by atoms with van der Waals surface area (Å²) in [7, 11) is 0. The van der Waals surface area contributed by atoms with Gasteiger partial charge in [-0.1, -0.05) is 12.8 Å². The van der Waals surface area contributed by atoms with Gasteiger partial charge < -0.3 is 10.8 Å². The van der Waals surface area contributed by atoms with Gasteiger partial charge in [-0.2, -0.15) is 4.98 Å². The van der Waals surface area contributed by atoms with E-state index >= 15 is 0 Å². The van der Waals surface area contributed by atoms with E-state index in [9.17, 15) is 4.79 Å². The van der Waals surface area contributed by atoms with E-state index in [1.165, 1.54) is 0 Å². The van der Waals surface area contributed by atoms with Gasteiger partial charge in [-0.15, -0.1) is 5.10 Å². The Morgan fingerprint density at radius 2 is 2.20 bits per heavy atom. The Balaban J connectivity index is 2.21. The third-order valence-electron chi connectivity index (χ3n) is 2.95. The van der Waals surface area contributed by atoms with Crippen LogP contribution >= 0.6 is 0 Å². The van der Waals surface area contributed by atoms with Gasteiger partial charge >= 0.3 is 5.97 Å². The van der Waals surface area contributed by atoms with Gasteiger partial charge in [0.15, 0.2) is 0 Å². The molecule has 0 aromatic carbocycles. The van der Waals surface area contributed by atoms with Crippen LogP contribution in [0.4, 0.5) is 5.95 Å². The zero-order chi connectivity index (χ0) is 10.8. The summed E-state index contributed by atoms with van der Waals surface area (Å²) < 4.78 is 0. The molecule has 0 saturated heterocycles. The van der Waals surface area contributed by atoms with Crippen molar-refractivity contribution in [3.8, 4) is 0 Å². The predicted octanol–water partition coefficient (Wildman–Crippen LogP) is 0.745. The van der Waals surface area contributed by atoms with Crippen molar-refractivity contribution in [3.63, 3.8) is 0 Å². The van der Waals surface area contributed by atoms with E-state index in [-0.39, 0.29) is 17.8 Å². The summed E-state index contributed by atoms with van der Waals surface area (Å²) in [6.07, 6.45) is 3.55. The summed E-state index contributed by atoms with van der Waals surface area (Å²) >= 11 is 0. The number of nitrogens with zero attached hydrogens (tertiary/aromatic N) is 2. The first kappa shape index (κ1) is 9.95. The van der Waals surface area contributed by atoms with Crippen molar-refractivity contribution in [1.82, 2.24) is 15.2 Å². The molecule has 4 N–H and O–H groups in total. The maximum absolute atomic E-state index is 11.1. The van der Waals surface area contributed by atoms with E-state index in [4.69, 9.17) is 10.8 Å². The van der Waals surface area contributed by atoms with E-state index in [0.717, 1.165) is 19.3 Å². The third-order valence-corrected chi connectivity index (χ3v) is 2.95. The molecule has 1 aliphatic carbocycles. The SMILES string of the molecule is Nc1n[nH]c([C@@H]2CCCC[C@H]2C(=O)O)n1. The van der Waals surface area contributed by atoms with Crippen LogP contribution in [-0.4, -0.2) is 26.3 Å². The minimum atomic E-state index is -0.755. The first-order valence-corrected chi connectivity index (χ1v) is 5.09.